The lowest BCUT2D eigenvalue weighted by atomic mass is 10.3. The van der Waals surface area contributed by atoms with Gasteiger partial charge in [0.1, 0.15) is 11.9 Å². The highest BCUT2D eigenvalue weighted by Gasteiger charge is 2.09. The van der Waals surface area contributed by atoms with Gasteiger partial charge in [0.05, 0.1) is 24.7 Å². The van der Waals surface area contributed by atoms with Gasteiger partial charge < -0.3 is 25.1 Å². The Labute approximate surface area is 188 Å². The van der Waals surface area contributed by atoms with Crippen molar-refractivity contribution in [2.75, 3.05) is 27.2 Å². The number of H-pyrrole nitrogens is 1. The van der Waals surface area contributed by atoms with Gasteiger partial charge in [-0.1, -0.05) is 24.3 Å². The molecular formula is C21H28IN5O2. The molecule has 3 aromatic rings. The lowest BCUT2D eigenvalue weighted by Crippen LogP contribution is -2.42. The standard InChI is InChI=1S/C21H27N5O2.HI/c1-15(28-19-11-7-6-10-18(19)27-3)14-24-21(22-2)23-13-12-20-25-16-8-4-5-9-17(16)26-20;/h4-11,15H,12-14H2,1-3H3,(H,25,26)(H2,22,23,24);1H. The van der Waals surface area contributed by atoms with E-state index >= 15 is 0 Å². The summed E-state index contributed by atoms with van der Waals surface area (Å²) >= 11 is 0. The second kappa shape index (κ2) is 11.5. The van der Waals surface area contributed by atoms with Crippen molar-refractivity contribution in [3.05, 3.63) is 54.4 Å². The highest BCUT2D eigenvalue weighted by Crippen LogP contribution is 2.26. The van der Waals surface area contributed by atoms with Gasteiger partial charge in [0.25, 0.3) is 0 Å². The van der Waals surface area contributed by atoms with Crippen LogP contribution in [-0.4, -0.2) is 49.3 Å². The number of aromatic nitrogens is 2. The molecule has 7 nitrogen and oxygen atoms in total. The van der Waals surface area contributed by atoms with E-state index in [1.165, 1.54) is 0 Å². The summed E-state index contributed by atoms with van der Waals surface area (Å²) in [6.45, 7) is 3.34. The highest BCUT2D eigenvalue weighted by atomic mass is 127. The molecule has 0 aliphatic heterocycles. The number of nitrogens with zero attached hydrogens (tertiary/aromatic N) is 2. The molecule has 2 aromatic carbocycles. The van der Waals surface area contributed by atoms with Crippen LogP contribution in [0, 0.1) is 0 Å². The molecule has 0 amide bonds. The van der Waals surface area contributed by atoms with E-state index in [0.29, 0.717) is 6.54 Å². The fraction of sp³-hybridized carbons (Fsp3) is 0.333. The summed E-state index contributed by atoms with van der Waals surface area (Å²) in [5.41, 5.74) is 2.05. The maximum absolute atomic E-state index is 5.95. The summed E-state index contributed by atoms with van der Waals surface area (Å²) in [4.78, 5) is 12.2. The van der Waals surface area contributed by atoms with Gasteiger partial charge in [-0.05, 0) is 31.2 Å². The van der Waals surface area contributed by atoms with E-state index in [9.17, 15) is 0 Å². The smallest absolute Gasteiger partial charge is 0.191 e. The molecule has 0 fully saturated rings. The normalized spacial score (nSPS) is 12.2. The molecule has 0 saturated carbocycles. The molecule has 8 heteroatoms. The van der Waals surface area contributed by atoms with E-state index in [-0.39, 0.29) is 30.1 Å². The summed E-state index contributed by atoms with van der Waals surface area (Å²) in [7, 11) is 3.39. The van der Waals surface area contributed by atoms with Gasteiger partial charge in [0.15, 0.2) is 17.5 Å². The fourth-order valence-corrected chi connectivity index (χ4v) is 2.86. The molecule has 29 heavy (non-hydrogen) atoms. The Kier molecular flexibility index (Phi) is 9.04. The summed E-state index contributed by atoms with van der Waals surface area (Å²) in [6.07, 6.45) is 0.730. The number of rotatable bonds is 8. The van der Waals surface area contributed by atoms with E-state index in [0.717, 1.165) is 47.3 Å². The van der Waals surface area contributed by atoms with Gasteiger partial charge in [0.2, 0.25) is 0 Å². The first kappa shape index (κ1) is 22.8. The Morgan fingerprint density at radius 1 is 1.10 bits per heavy atom. The van der Waals surface area contributed by atoms with Crippen LogP contribution in [0.25, 0.3) is 11.0 Å². The Morgan fingerprint density at radius 2 is 1.83 bits per heavy atom. The molecule has 156 valence electrons. The van der Waals surface area contributed by atoms with E-state index in [1.54, 1.807) is 14.2 Å². The first-order valence-electron chi connectivity index (χ1n) is 9.37. The maximum Gasteiger partial charge on any atom is 0.191 e. The number of aliphatic imine (C=N–C) groups is 1. The number of imidazole rings is 1. The summed E-state index contributed by atoms with van der Waals surface area (Å²) in [5.74, 6) is 3.14. The third kappa shape index (κ3) is 6.52. The largest absolute Gasteiger partial charge is 0.493 e. The number of methoxy groups -OCH3 is 1. The van der Waals surface area contributed by atoms with Crippen LogP contribution in [0.4, 0.5) is 0 Å². The topological polar surface area (TPSA) is 83.6 Å². The molecule has 1 aromatic heterocycles. The molecule has 3 rings (SSSR count). The van der Waals surface area contributed by atoms with E-state index < -0.39 is 0 Å². The first-order valence-corrected chi connectivity index (χ1v) is 9.37. The van der Waals surface area contributed by atoms with Crippen molar-refractivity contribution in [2.24, 2.45) is 4.99 Å². The molecule has 1 atom stereocenters. The van der Waals surface area contributed by atoms with Crippen LogP contribution in [0.3, 0.4) is 0 Å². The number of hydrogen-bond donors (Lipinski definition) is 3. The average Bonchev–Trinajstić information content (AvgIpc) is 3.13. The fourth-order valence-electron chi connectivity index (χ4n) is 2.86. The number of halogens is 1. The second-order valence-electron chi connectivity index (χ2n) is 6.41. The average molecular weight is 509 g/mol. The number of hydrogen-bond acceptors (Lipinski definition) is 4. The van der Waals surface area contributed by atoms with E-state index in [2.05, 4.69) is 25.6 Å². The van der Waals surface area contributed by atoms with Crippen molar-refractivity contribution in [3.63, 3.8) is 0 Å². The first-order chi connectivity index (χ1) is 13.7. The number of benzene rings is 2. The number of para-hydroxylation sites is 4. The number of nitrogens with one attached hydrogen (secondary N) is 3. The van der Waals surface area contributed by atoms with Crippen molar-refractivity contribution in [2.45, 2.75) is 19.4 Å². The van der Waals surface area contributed by atoms with Crippen molar-refractivity contribution < 1.29 is 9.47 Å². The van der Waals surface area contributed by atoms with Gasteiger partial charge in [-0.25, -0.2) is 4.98 Å². The molecule has 1 heterocycles. The van der Waals surface area contributed by atoms with Crippen LogP contribution >= 0.6 is 24.0 Å². The Hall–Kier alpha value is -2.49. The van der Waals surface area contributed by atoms with Gasteiger partial charge in [-0.15, -0.1) is 24.0 Å². The van der Waals surface area contributed by atoms with Crippen LogP contribution in [0.5, 0.6) is 11.5 Å². The minimum absolute atomic E-state index is 0. The third-order valence-electron chi connectivity index (χ3n) is 4.27. The molecule has 0 aliphatic carbocycles. The maximum atomic E-state index is 5.95. The Bertz CT molecular complexity index is 895. The molecule has 0 spiro atoms. The molecule has 1 unspecified atom stereocenters. The number of ether oxygens (including phenoxy) is 2. The SMILES string of the molecule is CN=C(NCCc1nc2ccccc2[nH]1)NCC(C)Oc1ccccc1OC.I. The Morgan fingerprint density at radius 3 is 2.55 bits per heavy atom. The zero-order valence-corrected chi connectivity index (χ0v) is 19.3. The van der Waals surface area contributed by atoms with E-state index in [4.69, 9.17) is 9.47 Å². The zero-order chi connectivity index (χ0) is 19.8. The van der Waals surface area contributed by atoms with Crippen LogP contribution in [0.2, 0.25) is 0 Å². The minimum Gasteiger partial charge on any atom is -0.493 e. The monoisotopic (exact) mass is 509 g/mol. The van der Waals surface area contributed by atoms with Crippen LogP contribution < -0.4 is 20.1 Å². The van der Waals surface area contributed by atoms with Gasteiger partial charge in [0, 0.05) is 20.0 Å². The molecule has 3 N–H and O–H groups in total. The summed E-state index contributed by atoms with van der Waals surface area (Å²) in [6, 6.07) is 15.7. The number of fused-ring (bicyclic) bond motifs is 1. The van der Waals surface area contributed by atoms with Gasteiger partial charge in [-0.3, -0.25) is 4.99 Å². The number of guanidine groups is 1. The minimum atomic E-state index is -0.0507. The zero-order valence-electron chi connectivity index (χ0n) is 16.9. The molecule has 0 radical (unpaired) electrons. The molecule has 0 bridgehead atoms. The number of aromatic amines is 1. The quantitative estimate of drug-likeness (QED) is 0.247. The van der Waals surface area contributed by atoms with E-state index in [1.807, 2.05) is 55.5 Å². The summed E-state index contributed by atoms with van der Waals surface area (Å²) < 4.78 is 11.3. The van der Waals surface area contributed by atoms with Crippen molar-refractivity contribution in [1.82, 2.24) is 20.6 Å². The van der Waals surface area contributed by atoms with Crippen LogP contribution in [0.15, 0.2) is 53.5 Å². The summed E-state index contributed by atoms with van der Waals surface area (Å²) in [5, 5.41) is 6.58. The van der Waals surface area contributed by atoms with Gasteiger partial charge >= 0.3 is 0 Å². The molecular weight excluding hydrogens is 481 g/mol. The second-order valence-corrected chi connectivity index (χ2v) is 6.41. The van der Waals surface area contributed by atoms with Crippen molar-refractivity contribution in [3.8, 4) is 11.5 Å². The lowest BCUT2D eigenvalue weighted by Gasteiger charge is -2.19. The van der Waals surface area contributed by atoms with Gasteiger partial charge in [-0.2, -0.15) is 0 Å². The van der Waals surface area contributed by atoms with Crippen molar-refractivity contribution in [1.29, 1.82) is 0 Å². The molecule has 0 saturated heterocycles. The lowest BCUT2D eigenvalue weighted by molar-refractivity contribution is 0.213. The highest BCUT2D eigenvalue weighted by molar-refractivity contribution is 14.0. The molecule has 0 aliphatic rings. The predicted octanol–water partition coefficient (Wildman–Crippen LogP) is 3.36. The van der Waals surface area contributed by atoms with Crippen molar-refractivity contribution >= 4 is 41.0 Å². The van der Waals surface area contributed by atoms with Crippen LogP contribution in [0.1, 0.15) is 12.7 Å². The Balaban J connectivity index is 0.00000300. The third-order valence-corrected chi connectivity index (χ3v) is 4.27. The van der Waals surface area contributed by atoms with Crippen LogP contribution in [-0.2, 0) is 6.42 Å². The predicted molar refractivity (Wildman–Crippen MR) is 128 cm³/mol.